The van der Waals surface area contributed by atoms with Crippen molar-refractivity contribution in [3.63, 3.8) is 0 Å². The van der Waals surface area contributed by atoms with Crippen LogP contribution in [0.1, 0.15) is 34.0 Å². The second kappa shape index (κ2) is 8.32. The highest BCUT2D eigenvalue weighted by molar-refractivity contribution is 6.10. The van der Waals surface area contributed by atoms with Crippen LogP contribution in [0.2, 0.25) is 0 Å². The molecule has 5 rings (SSSR count). The molecule has 2 aromatic carbocycles. The van der Waals surface area contributed by atoms with Gasteiger partial charge in [0.25, 0.3) is 0 Å². The van der Waals surface area contributed by atoms with Crippen LogP contribution < -0.4 is 4.90 Å². The highest BCUT2D eigenvalue weighted by Crippen LogP contribution is 2.33. The first-order valence-corrected chi connectivity index (χ1v) is 11.0. The summed E-state index contributed by atoms with van der Waals surface area (Å²) in [6.45, 7) is 6.30. The Morgan fingerprint density at radius 3 is 2.76 bits per heavy atom. The normalized spacial score (nSPS) is 16.9. The Morgan fingerprint density at radius 2 is 2.00 bits per heavy atom. The molecular weight excluding hydrogens is 445 g/mol. The van der Waals surface area contributed by atoms with Crippen LogP contribution in [0, 0.1) is 6.92 Å². The van der Waals surface area contributed by atoms with Crippen molar-refractivity contribution in [2.45, 2.75) is 26.1 Å². The molecule has 1 aliphatic heterocycles. The quantitative estimate of drug-likeness (QED) is 0.397. The Balaban J connectivity index is 1.46. The number of hydrogen-bond acceptors (Lipinski definition) is 4. The number of aryl methyl sites for hydroxylation is 1. The molecule has 6 nitrogen and oxygen atoms in total. The summed E-state index contributed by atoms with van der Waals surface area (Å²) in [5, 5.41) is 0. The molecule has 176 valence electrons. The predicted octanol–water partition coefficient (Wildman–Crippen LogP) is 5.34. The summed E-state index contributed by atoms with van der Waals surface area (Å²) in [6, 6.07) is 10.4. The molecule has 1 aliphatic rings. The average Bonchev–Trinajstić information content (AvgIpc) is 3.46. The molecule has 0 spiro atoms. The number of anilines is 1. The van der Waals surface area contributed by atoms with Crippen molar-refractivity contribution >= 4 is 22.5 Å². The van der Waals surface area contributed by atoms with E-state index in [9.17, 15) is 18.0 Å². The maximum absolute atomic E-state index is 13.4. The second-order valence-corrected chi connectivity index (χ2v) is 8.55. The van der Waals surface area contributed by atoms with Crippen LogP contribution in [-0.4, -0.2) is 46.5 Å². The van der Waals surface area contributed by atoms with Gasteiger partial charge in [-0.2, -0.15) is 13.2 Å². The maximum atomic E-state index is 13.4. The van der Waals surface area contributed by atoms with E-state index in [1.54, 1.807) is 0 Å². The third-order valence-electron chi connectivity index (χ3n) is 6.05. The van der Waals surface area contributed by atoms with E-state index in [1.807, 2.05) is 19.9 Å². The number of rotatable bonds is 4. The fraction of sp³-hybridized carbons (Fsp3) is 0.280. The molecule has 0 bridgehead atoms. The van der Waals surface area contributed by atoms with E-state index in [0.29, 0.717) is 18.1 Å². The van der Waals surface area contributed by atoms with Crippen LogP contribution in [-0.2, 0) is 10.9 Å². The lowest BCUT2D eigenvalue weighted by atomic mass is 9.99. The summed E-state index contributed by atoms with van der Waals surface area (Å²) in [5.74, 6) is -0.194. The summed E-state index contributed by atoms with van der Waals surface area (Å²) in [4.78, 5) is 26.0. The number of carbonyl (C=O) groups excluding carboxylic acids is 1. The number of ether oxygens (including phenoxy) is 1. The monoisotopic (exact) mass is 468 g/mol. The van der Waals surface area contributed by atoms with E-state index in [-0.39, 0.29) is 17.2 Å². The van der Waals surface area contributed by atoms with E-state index < -0.39 is 17.5 Å². The SMILES string of the molecule is Cc1cc(N2CCO[C@H](C)C2)cc2[nH]c(-c3cc(C(=O)c4ccccc4C(F)(F)F)c[nH]3)nc12. The van der Waals surface area contributed by atoms with Gasteiger partial charge in [0.15, 0.2) is 11.6 Å². The number of ketones is 1. The van der Waals surface area contributed by atoms with Gasteiger partial charge in [-0.3, -0.25) is 4.79 Å². The molecule has 0 radical (unpaired) electrons. The van der Waals surface area contributed by atoms with Crippen molar-refractivity contribution < 1.29 is 22.7 Å². The summed E-state index contributed by atoms with van der Waals surface area (Å²) in [5.41, 5.74) is 3.02. The van der Waals surface area contributed by atoms with Crippen LogP contribution in [0.25, 0.3) is 22.6 Å². The molecule has 2 N–H and O–H groups in total. The highest BCUT2D eigenvalue weighted by Gasteiger charge is 2.35. The standard InChI is InChI=1S/C25H23F3N4O2/c1-14-9-17(32-7-8-34-15(2)13-32)11-20-22(14)31-24(30-20)21-10-16(12-29-21)23(33)18-5-3-4-6-19(18)25(26,27)28/h3-6,9-12,15,29H,7-8,13H2,1-2H3,(H,30,31)/t15-/m1/s1. The first-order valence-electron chi connectivity index (χ1n) is 11.0. The number of alkyl halides is 3. The van der Waals surface area contributed by atoms with Crippen molar-refractivity contribution in [3.8, 4) is 11.5 Å². The minimum atomic E-state index is -4.61. The third kappa shape index (κ3) is 4.07. The van der Waals surface area contributed by atoms with Crippen molar-refractivity contribution in [3.05, 3.63) is 70.9 Å². The lowest BCUT2D eigenvalue weighted by Gasteiger charge is -2.33. The van der Waals surface area contributed by atoms with Crippen LogP contribution in [0.3, 0.4) is 0 Å². The van der Waals surface area contributed by atoms with E-state index >= 15 is 0 Å². The summed E-state index contributed by atoms with van der Waals surface area (Å²) in [6.07, 6.45) is -3.05. The number of morpholine rings is 1. The topological polar surface area (TPSA) is 74.0 Å². The van der Waals surface area contributed by atoms with E-state index in [2.05, 4.69) is 25.9 Å². The molecule has 3 heterocycles. The van der Waals surface area contributed by atoms with Gasteiger partial charge in [-0.25, -0.2) is 4.98 Å². The largest absolute Gasteiger partial charge is 0.417 e. The zero-order valence-electron chi connectivity index (χ0n) is 18.7. The fourth-order valence-electron chi connectivity index (χ4n) is 4.38. The molecule has 0 unspecified atom stereocenters. The lowest BCUT2D eigenvalue weighted by molar-refractivity contribution is -0.137. The summed E-state index contributed by atoms with van der Waals surface area (Å²) >= 11 is 0. The van der Waals surface area contributed by atoms with Gasteiger partial charge in [0.1, 0.15) is 0 Å². The van der Waals surface area contributed by atoms with Crippen molar-refractivity contribution in [2.24, 2.45) is 0 Å². The molecular formula is C25H23F3N4O2. The van der Waals surface area contributed by atoms with Crippen LogP contribution in [0.5, 0.6) is 0 Å². The zero-order chi connectivity index (χ0) is 24.0. The van der Waals surface area contributed by atoms with Gasteiger partial charge in [-0.05, 0) is 43.7 Å². The fourth-order valence-corrected chi connectivity index (χ4v) is 4.38. The summed E-state index contributed by atoms with van der Waals surface area (Å²) in [7, 11) is 0. The molecule has 0 amide bonds. The number of fused-ring (bicyclic) bond motifs is 1. The summed E-state index contributed by atoms with van der Waals surface area (Å²) < 4.78 is 45.7. The zero-order valence-corrected chi connectivity index (χ0v) is 18.7. The molecule has 2 aromatic heterocycles. The second-order valence-electron chi connectivity index (χ2n) is 8.55. The average molecular weight is 468 g/mol. The number of aromatic nitrogens is 3. The van der Waals surface area contributed by atoms with E-state index in [0.717, 1.165) is 41.4 Å². The highest BCUT2D eigenvalue weighted by atomic mass is 19.4. The number of imidazole rings is 1. The number of nitrogens with one attached hydrogen (secondary N) is 2. The molecule has 1 atom stereocenters. The first-order chi connectivity index (χ1) is 16.2. The minimum Gasteiger partial charge on any atom is -0.375 e. The van der Waals surface area contributed by atoms with E-state index in [4.69, 9.17) is 4.74 Å². The maximum Gasteiger partial charge on any atom is 0.417 e. The smallest absolute Gasteiger partial charge is 0.375 e. The number of H-pyrrole nitrogens is 2. The lowest BCUT2D eigenvalue weighted by Crippen LogP contribution is -2.41. The third-order valence-corrected chi connectivity index (χ3v) is 6.05. The van der Waals surface area contributed by atoms with Gasteiger partial charge in [0, 0.05) is 36.1 Å². The molecule has 4 aromatic rings. The van der Waals surface area contributed by atoms with E-state index in [1.165, 1.54) is 30.5 Å². The molecule has 1 saturated heterocycles. The van der Waals surface area contributed by atoms with Gasteiger partial charge < -0.3 is 19.6 Å². The minimum absolute atomic E-state index is 0.131. The van der Waals surface area contributed by atoms with Gasteiger partial charge in [-0.1, -0.05) is 18.2 Å². The predicted molar refractivity (Wildman–Crippen MR) is 123 cm³/mol. The molecule has 9 heteroatoms. The first kappa shape index (κ1) is 22.2. The molecule has 1 fully saturated rings. The number of halogens is 3. The molecule has 0 aliphatic carbocycles. The van der Waals surface area contributed by atoms with Crippen LogP contribution >= 0.6 is 0 Å². The van der Waals surface area contributed by atoms with Gasteiger partial charge >= 0.3 is 6.18 Å². The Bertz CT molecular complexity index is 1370. The Kier molecular flexibility index (Phi) is 5.44. The Morgan fingerprint density at radius 1 is 1.21 bits per heavy atom. The van der Waals surface area contributed by atoms with Crippen molar-refractivity contribution in [2.75, 3.05) is 24.6 Å². The number of benzene rings is 2. The van der Waals surface area contributed by atoms with Crippen LogP contribution in [0.15, 0.2) is 48.7 Å². The Hall–Kier alpha value is -3.59. The van der Waals surface area contributed by atoms with Gasteiger partial charge in [-0.15, -0.1) is 0 Å². The molecule has 0 saturated carbocycles. The number of aromatic amines is 2. The molecule has 34 heavy (non-hydrogen) atoms. The Labute approximate surface area is 193 Å². The number of carbonyl (C=O) groups is 1. The number of hydrogen-bond donors (Lipinski definition) is 2. The van der Waals surface area contributed by atoms with Gasteiger partial charge in [0.05, 0.1) is 35.0 Å². The van der Waals surface area contributed by atoms with Crippen molar-refractivity contribution in [1.29, 1.82) is 0 Å². The van der Waals surface area contributed by atoms with Gasteiger partial charge in [0.2, 0.25) is 0 Å². The number of nitrogens with zero attached hydrogens (tertiary/aromatic N) is 2. The van der Waals surface area contributed by atoms with Crippen molar-refractivity contribution in [1.82, 2.24) is 15.0 Å². The van der Waals surface area contributed by atoms with Crippen LogP contribution in [0.4, 0.5) is 18.9 Å².